The van der Waals surface area contributed by atoms with Crippen molar-refractivity contribution in [2.24, 2.45) is 0 Å². The first-order valence-electron chi connectivity index (χ1n) is 7.95. The topological polar surface area (TPSA) is 96.7 Å². The predicted octanol–water partition coefficient (Wildman–Crippen LogP) is 3.62. The van der Waals surface area contributed by atoms with E-state index in [0.717, 1.165) is 12.3 Å². The SMILES string of the molecule is N#CCn1cc2c3cc(C(=O)O)ccc3n(-c3ccc(C(F)(F)F)nc3)c2n1. The molecular weight excluding hydrogens is 375 g/mol. The molecule has 0 atom stereocenters. The first-order valence-corrected chi connectivity index (χ1v) is 7.95. The lowest BCUT2D eigenvalue weighted by molar-refractivity contribution is -0.141. The number of carboxylic acids is 1. The molecule has 0 spiro atoms. The number of carboxylic acid groups (broad SMARTS) is 1. The minimum absolute atomic E-state index is 0.0277. The van der Waals surface area contributed by atoms with E-state index in [0.29, 0.717) is 27.6 Å². The summed E-state index contributed by atoms with van der Waals surface area (Å²) >= 11 is 0. The molecule has 0 saturated heterocycles. The van der Waals surface area contributed by atoms with Crippen LogP contribution in [0.2, 0.25) is 0 Å². The number of benzene rings is 1. The fourth-order valence-corrected chi connectivity index (χ4v) is 3.06. The molecule has 0 bridgehead atoms. The van der Waals surface area contributed by atoms with Gasteiger partial charge in [0.05, 0.1) is 29.0 Å². The summed E-state index contributed by atoms with van der Waals surface area (Å²) in [4.78, 5) is 14.8. The maximum Gasteiger partial charge on any atom is 0.433 e. The highest BCUT2D eigenvalue weighted by molar-refractivity contribution is 6.09. The zero-order valence-electron chi connectivity index (χ0n) is 14.0. The Morgan fingerprint density at radius 1 is 1.21 bits per heavy atom. The van der Waals surface area contributed by atoms with Crippen LogP contribution in [0.5, 0.6) is 0 Å². The van der Waals surface area contributed by atoms with E-state index in [1.807, 2.05) is 6.07 Å². The molecule has 4 rings (SSSR count). The summed E-state index contributed by atoms with van der Waals surface area (Å²) < 4.78 is 41.4. The number of aromatic carboxylic acids is 1. The van der Waals surface area contributed by atoms with Gasteiger partial charge in [-0.25, -0.2) is 9.78 Å². The van der Waals surface area contributed by atoms with Gasteiger partial charge < -0.3 is 5.11 Å². The maximum absolute atomic E-state index is 12.8. The predicted molar refractivity (Wildman–Crippen MR) is 91.9 cm³/mol. The van der Waals surface area contributed by atoms with Gasteiger partial charge in [-0.15, -0.1) is 0 Å². The molecule has 0 aliphatic carbocycles. The first kappa shape index (κ1) is 17.5. The van der Waals surface area contributed by atoms with Crippen LogP contribution in [0.15, 0.2) is 42.7 Å². The molecule has 4 aromatic rings. The fourth-order valence-electron chi connectivity index (χ4n) is 3.06. The lowest BCUT2D eigenvalue weighted by Gasteiger charge is -2.09. The lowest BCUT2D eigenvalue weighted by atomic mass is 10.1. The maximum atomic E-state index is 12.8. The number of alkyl halides is 3. The number of fused-ring (bicyclic) bond motifs is 3. The van der Waals surface area contributed by atoms with Crippen molar-refractivity contribution in [3.8, 4) is 11.8 Å². The van der Waals surface area contributed by atoms with Gasteiger partial charge in [-0.05, 0) is 30.3 Å². The number of hydrogen-bond acceptors (Lipinski definition) is 4. The molecule has 0 unspecified atom stereocenters. The number of nitrogens with zero attached hydrogens (tertiary/aromatic N) is 5. The monoisotopic (exact) mass is 385 g/mol. The first-order chi connectivity index (χ1) is 13.3. The van der Waals surface area contributed by atoms with Gasteiger partial charge >= 0.3 is 12.1 Å². The van der Waals surface area contributed by atoms with Crippen LogP contribution in [-0.2, 0) is 12.7 Å². The third kappa shape index (κ3) is 2.73. The summed E-state index contributed by atoms with van der Waals surface area (Å²) in [7, 11) is 0. The lowest BCUT2D eigenvalue weighted by Crippen LogP contribution is -2.08. The van der Waals surface area contributed by atoms with Crippen molar-refractivity contribution in [2.45, 2.75) is 12.7 Å². The molecule has 0 amide bonds. The zero-order chi connectivity index (χ0) is 20.1. The van der Waals surface area contributed by atoms with E-state index in [2.05, 4.69) is 10.1 Å². The molecule has 0 aliphatic rings. The molecule has 1 N–H and O–H groups in total. The molecule has 140 valence electrons. The third-order valence-electron chi connectivity index (χ3n) is 4.26. The van der Waals surface area contributed by atoms with Crippen molar-refractivity contribution in [1.82, 2.24) is 19.3 Å². The van der Waals surface area contributed by atoms with E-state index in [1.54, 1.807) is 16.8 Å². The highest BCUT2D eigenvalue weighted by atomic mass is 19.4. The molecule has 1 aromatic carbocycles. The van der Waals surface area contributed by atoms with Crippen LogP contribution in [-0.4, -0.2) is 30.4 Å². The van der Waals surface area contributed by atoms with E-state index < -0.39 is 17.8 Å². The van der Waals surface area contributed by atoms with E-state index in [1.165, 1.54) is 22.9 Å². The van der Waals surface area contributed by atoms with Crippen molar-refractivity contribution in [2.75, 3.05) is 0 Å². The van der Waals surface area contributed by atoms with Gasteiger partial charge in [0.25, 0.3) is 0 Å². The molecule has 7 nitrogen and oxygen atoms in total. The van der Waals surface area contributed by atoms with E-state index in [-0.39, 0.29) is 12.1 Å². The van der Waals surface area contributed by atoms with E-state index in [4.69, 9.17) is 5.26 Å². The van der Waals surface area contributed by atoms with Crippen LogP contribution in [0.25, 0.3) is 27.6 Å². The minimum atomic E-state index is -4.56. The highest BCUT2D eigenvalue weighted by Crippen LogP contribution is 2.33. The van der Waals surface area contributed by atoms with Gasteiger partial charge in [0.1, 0.15) is 12.2 Å². The normalized spacial score (nSPS) is 11.8. The Morgan fingerprint density at radius 3 is 2.61 bits per heavy atom. The van der Waals surface area contributed by atoms with Gasteiger partial charge in [-0.1, -0.05) is 0 Å². The quantitative estimate of drug-likeness (QED) is 0.581. The number of halogens is 3. The average Bonchev–Trinajstić information content (AvgIpc) is 3.17. The molecule has 28 heavy (non-hydrogen) atoms. The van der Waals surface area contributed by atoms with Crippen LogP contribution in [0.4, 0.5) is 13.2 Å². The van der Waals surface area contributed by atoms with Crippen LogP contribution < -0.4 is 0 Å². The van der Waals surface area contributed by atoms with Crippen LogP contribution >= 0.6 is 0 Å². The molecule has 3 aromatic heterocycles. The van der Waals surface area contributed by atoms with Crippen molar-refractivity contribution in [1.29, 1.82) is 5.26 Å². The Morgan fingerprint density at radius 2 is 2.00 bits per heavy atom. The van der Waals surface area contributed by atoms with Gasteiger partial charge in [0.15, 0.2) is 5.65 Å². The molecule has 0 fully saturated rings. The number of nitriles is 1. The average molecular weight is 385 g/mol. The largest absolute Gasteiger partial charge is 0.478 e. The number of pyridine rings is 1. The van der Waals surface area contributed by atoms with Gasteiger partial charge in [-0.2, -0.15) is 23.5 Å². The standard InChI is InChI=1S/C18H10F3N5O2/c19-18(20,21)15-4-2-11(8-23-15)26-14-3-1-10(17(27)28)7-12(14)13-9-25(6-5-22)24-16(13)26/h1-4,7-9H,6H2,(H,27,28). The number of carbonyl (C=O) groups is 1. The summed E-state index contributed by atoms with van der Waals surface area (Å²) in [6.07, 6.45) is -1.88. The summed E-state index contributed by atoms with van der Waals surface area (Å²) in [5.41, 5.74) is 0.318. The second-order valence-corrected chi connectivity index (χ2v) is 5.99. The molecule has 0 aliphatic heterocycles. The summed E-state index contributed by atoms with van der Waals surface area (Å²) in [5.74, 6) is -1.11. The Bertz CT molecular complexity index is 1260. The van der Waals surface area contributed by atoms with Gasteiger partial charge in [0.2, 0.25) is 0 Å². The summed E-state index contributed by atoms with van der Waals surface area (Å²) in [6.45, 7) is -0.0277. The van der Waals surface area contributed by atoms with Crippen molar-refractivity contribution >= 4 is 27.9 Å². The number of aromatic nitrogens is 4. The van der Waals surface area contributed by atoms with Crippen LogP contribution in [0.1, 0.15) is 16.1 Å². The summed E-state index contributed by atoms with van der Waals surface area (Å²) in [5, 5.41) is 23.6. The Balaban J connectivity index is 2.00. The van der Waals surface area contributed by atoms with Crippen LogP contribution in [0, 0.1) is 11.3 Å². The molecule has 10 heteroatoms. The van der Waals surface area contributed by atoms with Gasteiger partial charge in [0, 0.05) is 17.0 Å². The Hall–Kier alpha value is -3.87. The smallest absolute Gasteiger partial charge is 0.433 e. The van der Waals surface area contributed by atoms with Gasteiger partial charge in [-0.3, -0.25) is 9.25 Å². The van der Waals surface area contributed by atoms with Crippen LogP contribution in [0.3, 0.4) is 0 Å². The zero-order valence-corrected chi connectivity index (χ0v) is 14.0. The van der Waals surface area contributed by atoms with Crippen molar-refractivity contribution in [3.63, 3.8) is 0 Å². The Labute approximate surface area is 154 Å². The fraction of sp³-hybridized carbons (Fsp3) is 0.111. The minimum Gasteiger partial charge on any atom is -0.478 e. The second kappa shape index (κ2) is 6.09. The van der Waals surface area contributed by atoms with E-state index >= 15 is 0 Å². The number of hydrogen-bond donors (Lipinski definition) is 1. The third-order valence-corrected chi connectivity index (χ3v) is 4.26. The Kier molecular flexibility index (Phi) is 3.81. The highest BCUT2D eigenvalue weighted by Gasteiger charge is 2.32. The van der Waals surface area contributed by atoms with E-state index in [9.17, 15) is 23.1 Å². The molecular formula is C18H10F3N5O2. The van der Waals surface area contributed by atoms with Crippen molar-refractivity contribution < 1.29 is 23.1 Å². The van der Waals surface area contributed by atoms with Crippen molar-refractivity contribution in [3.05, 3.63) is 54.0 Å². The molecule has 3 heterocycles. The molecule has 0 radical (unpaired) electrons. The second-order valence-electron chi connectivity index (χ2n) is 5.99. The number of rotatable bonds is 3. The summed E-state index contributed by atoms with van der Waals surface area (Å²) in [6, 6.07) is 8.52. The molecule has 0 saturated carbocycles.